The smallest absolute Gasteiger partial charge is 0.261 e. The minimum atomic E-state index is -3.73. The Kier molecular flexibility index (Phi) is 4.46. The molecule has 0 aliphatic carbocycles. The molecule has 0 atom stereocenters. The molecule has 1 aliphatic heterocycles. The summed E-state index contributed by atoms with van der Waals surface area (Å²) in [7, 11) is -7.07. The first kappa shape index (κ1) is 17.1. The zero-order valence-electron chi connectivity index (χ0n) is 12.5. The fourth-order valence-corrected chi connectivity index (χ4v) is 5.48. The van der Waals surface area contributed by atoms with E-state index in [1.54, 1.807) is 18.2 Å². The molecule has 128 valence electrons. The number of anilines is 2. The largest absolute Gasteiger partial charge is 0.280 e. The monoisotopic (exact) mass is 386 g/mol. The highest BCUT2D eigenvalue weighted by molar-refractivity contribution is 7.93. The van der Waals surface area contributed by atoms with E-state index >= 15 is 0 Å². The number of hydrogen-bond acceptors (Lipinski definition) is 4. The van der Waals surface area contributed by atoms with Crippen molar-refractivity contribution < 1.29 is 16.8 Å². The van der Waals surface area contributed by atoms with Crippen LogP contribution in [0, 0.1) is 0 Å². The molecule has 3 rings (SSSR count). The Morgan fingerprint density at radius 3 is 2.38 bits per heavy atom. The molecule has 0 spiro atoms. The SMILES string of the molecule is O=S(=O)(Nc1ccc(N2CCCS2(=O)=O)c(Cl)c1)c1ccccc1. The first-order valence-electron chi connectivity index (χ1n) is 7.17. The molecule has 0 aromatic heterocycles. The van der Waals surface area contributed by atoms with Crippen LogP contribution in [0.2, 0.25) is 5.02 Å². The van der Waals surface area contributed by atoms with Gasteiger partial charge < -0.3 is 0 Å². The third kappa shape index (κ3) is 3.35. The Labute approximate surface area is 146 Å². The maximum absolute atomic E-state index is 12.3. The predicted molar refractivity (Wildman–Crippen MR) is 94.5 cm³/mol. The van der Waals surface area contributed by atoms with Crippen LogP contribution in [-0.2, 0) is 20.0 Å². The Morgan fingerprint density at radius 2 is 1.79 bits per heavy atom. The van der Waals surface area contributed by atoms with E-state index in [0.717, 1.165) is 0 Å². The van der Waals surface area contributed by atoms with Gasteiger partial charge in [-0.3, -0.25) is 9.03 Å². The first-order valence-corrected chi connectivity index (χ1v) is 10.6. The normalized spacial score (nSPS) is 17.0. The van der Waals surface area contributed by atoms with Gasteiger partial charge in [0.05, 0.1) is 27.0 Å². The van der Waals surface area contributed by atoms with Gasteiger partial charge in [0.2, 0.25) is 10.0 Å². The second kappa shape index (κ2) is 6.27. The fraction of sp³-hybridized carbons (Fsp3) is 0.200. The van der Waals surface area contributed by atoms with Crippen LogP contribution in [0.3, 0.4) is 0 Å². The van der Waals surface area contributed by atoms with Crippen LogP contribution in [-0.4, -0.2) is 29.1 Å². The quantitative estimate of drug-likeness (QED) is 0.875. The summed E-state index contributed by atoms with van der Waals surface area (Å²) < 4.78 is 52.2. The molecule has 2 aromatic rings. The molecule has 0 amide bonds. The Balaban J connectivity index is 1.88. The molecule has 0 radical (unpaired) electrons. The zero-order chi connectivity index (χ0) is 17.4. The second-order valence-corrected chi connectivity index (χ2v) is 9.43. The third-order valence-electron chi connectivity index (χ3n) is 3.62. The van der Waals surface area contributed by atoms with Gasteiger partial charge in [0.25, 0.3) is 10.0 Å². The summed E-state index contributed by atoms with van der Waals surface area (Å²) in [4.78, 5) is 0.132. The number of nitrogens with zero attached hydrogens (tertiary/aromatic N) is 1. The molecule has 1 aliphatic rings. The fourth-order valence-electron chi connectivity index (χ4n) is 2.50. The lowest BCUT2D eigenvalue weighted by atomic mass is 10.3. The van der Waals surface area contributed by atoms with Gasteiger partial charge in [0.15, 0.2) is 0 Å². The Bertz CT molecular complexity index is 960. The van der Waals surface area contributed by atoms with Crippen molar-refractivity contribution in [3.05, 3.63) is 53.6 Å². The van der Waals surface area contributed by atoms with E-state index in [2.05, 4.69) is 4.72 Å². The summed E-state index contributed by atoms with van der Waals surface area (Å²) in [5, 5.41) is 0.175. The first-order chi connectivity index (χ1) is 11.3. The number of benzene rings is 2. The molecule has 0 bridgehead atoms. The zero-order valence-corrected chi connectivity index (χ0v) is 14.9. The maximum Gasteiger partial charge on any atom is 0.261 e. The van der Waals surface area contributed by atoms with Crippen molar-refractivity contribution in [1.82, 2.24) is 0 Å². The molecule has 2 aromatic carbocycles. The van der Waals surface area contributed by atoms with Gasteiger partial charge in [-0.1, -0.05) is 29.8 Å². The highest BCUT2D eigenvalue weighted by Gasteiger charge is 2.30. The summed E-state index contributed by atoms with van der Waals surface area (Å²) in [5.74, 6) is 0.0890. The Hall–Kier alpha value is -1.77. The van der Waals surface area contributed by atoms with E-state index in [1.807, 2.05) is 0 Å². The predicted octanol–water partition coefficient (Wildman–Crippen LogP) is 2.68. The minimum absolute atomic E-state index is 0.0890. The van der Waals surface area contributed by atoms with E-state index in [4.69, 9.17) is 11.6 Å². The van der Waals surface area contributed by atoms with Gasteiger partial charge in [-0.25, -0.2) is 16.8 Å². The lowest BCUT2D eigenvalue weighted by Crippen LogP contribution is -2.25. The van der Waals surface area contributed by atoms with Gasteiger partial charge in [-0.2, -0.15) is 0 Å². The number of sulfonamides is 2. The number of nitrogens with one attached hydrogen (secondary N) is 1. The number of rotatable bonds is 4. The van der Waals surface area contributed by atoms with Crippen LogP contribution < -0.4 is 9.03 Å². The molecule has 6 nitrogen and oxygen atoms in total. The number of hydrogen-bond donors (Lipinski definition) is 1. The number of halogens is 1. The van der Waals surface area contributed by atoms with Crippen molar-refractivity contribution in [1.29, 1.82) is 0 Å². The summed E-state index contributed by atoms with van der Waals surface area (Å²) in [6, 6.07) is 12.4. The van der Waals surface area contributed by atoms with E-state index in [1.165, 1.54) is 34.6 Å². The van der Waals surface area contributed by atoms with Crippen LogP contribution in [0.1, 0.15) is 6.42 Å². The average molecular weight is 387 g/mol. The van der Waals surface area contributed by atoms with Crippen LogP contribution in [0.15, 0.2) is 53.4 Å². The second-order valence-electron chi connectivity index (χ2n) is 5.33. The minimum Gasteiger partial charge on any atom is -0.280 e. The maximum atomic E-state index is 12.3. The topological polar surface area (TPSA) is 83.6 Å². The van der Waals surface area contributed by atoms with Crippen molar-refractivity contribution in [2.24, 2.45) is 0 Å². The van der Waals surface area contributed by atoms with Crippen molar-refractivity contribution >= 4 is 43.0 Å². The molecular weight excluding hydrogens is 372 g/mol. The van der Waals surface area contributed by atoms with Crippen LogP contribution in [0.4, 0.5) is 11.4 Å². The highest BCUT2D eigenvalue weighted by Crippen LogP contribution is 2.33. The molecular formula is C15H15ClN2O4S2. The lowest BCUT2D eigenvalue weighted by Gasteiger charge is -2.19. The molecule has 1 N–H and O–H groups in total. The molecule has 1 saturated heterocycles. The van der Waals surface area contributed by atoms with Gasteiger partial charge >= 0.3 is 0 Å². The van der Waals surface area contributed by atoms with E-state index in [9.17, 15) is 16.8 Å². The lowest BCUT2D eigenvalue weighted by molar-refractivity contribution is 0.598. The van der Waals surface area contributed by atoms with Gasteiger partial charge in [-0.05, 0) is 36.8 Å². The third-order valence-corrected chi connectivity index (χ3v) is 7.18. The summed E-state index contributed by atoms with van der Waals surface area (Å²) in [6.07, 6.45) is 0.543. The van der Waals surface area contributed by atoms with Crippen molar-refractivity contribution in [3.63, 3.8) is 0 Å². The standard InChI is InChI=1S/C15H15ClN2O4S2/c16-14-11-12(17-24(21,22)13-5-2-1-3-6-13)7-8-15(14)18-9-4-10-23(18,19)20/h1-3,5-8,11,17H,4,9-10H2. The Morgan fingerprint density at radius 1 is 1.08 bits per heavy atom. The summed E-state index contributed by atoms with van der Waals surface area (Å²) in [6.45, 7) is 0.372. The van der Waals surface area contributed by atoms with Crippen LogP contribution in [0.5, 0.6) is 0 Å². The molecule has 24 heavy (non-hydrogen) atoms. The summed E-state index contributed by atoms with van der Waals surface area (Å²) >= 11 is 6.17. The molecule has 1 fully saturated rings. The summed E-state index contributed by atoms with van der Waals surface area (Å²) in [5.41, 5.74) is 0.626. The highest BCUT2D eigenvalue weighted by atomic mass is 35.5. The van der Waals surface area contributed by atoms with Crippen LogP contribution in [0.25, 0.3) is 0 Å². The van der Waals surface area contributed by atoms with E-state index in [0.29, 0.717) is 18.7 Å². The van der Waals surface area contributed by atoms with Gasteiger partial charge in [-0.15, -0.1) is 0 Å². The van der Waals surface area contributed by atoms with E-state index < -0.39 is 20.0 Å². The average Bonchev–Trinajstić information content (AvgIpc) is 2.87. The molecule has 0 saturated carbocycles. The molecule has 9 heteroatoms. The van der Waals surface area contributed by atoms with Gasteiger partial charge in [0.1, 0.15) is 0 Å². The van der Waals surface area contributed by atoms with Crippen molar-refractivity contribution in [2.45, 2.75) is 11.3 Å². The molecule has 1 heterocycles. The van der Waals surface area contributed by atoms with E-state index in [-0.39, 0.29) is 21.4 Å². The van der Waals surface area contributed by atoms with Crippen molar-refractivity contribution in [2.75, 3.05) is 21.3 Å². The molecule has 0 unspecified atom stereocenters. The van der Waals surface area contributed by atoms with Crippen molar-refractivity contribution in [3.8, 4) is 0 Å². The van der Waals surface area contributed by atoms with Crippen LogP contribution >= 0.6 is 11.6 Å². The van der Waals surface area contributed by atoms with Gasteiger partial charge in [0, 0.05) is 6.54 Å².